The van der Waals surface area contributed by atoms with Gasteiger partial charge in [-0.05, 0) is 30.0 Å². The van der Waals surface area contributed by atoms with Crippen LogP contribution in [0.15, 0.2) is 24.3 Å². The van der Waals surface area contributed by atoms with E-state index in [1.54, 1.807) is 6.07 Å². The number of rotatable bonds is 9. The van der Waals surface area contributed by atoms with Crippen LogP contribution in [0.2, 0.25) is 0 Å². The van der Waals surface area contributed by atoms with Gasteiger partial charge in [-0.15, -0.1) is 0 Å². The van der Waals surface area contributed by atoms with Gasteiger partial charge in [0.1, 0.15) is 17.6 Å². The Labute approximate surface area is 157 Å². The van der Waals surface area contributed by atoms with Crippen LogP contribution < -0.4 is 4.74 Å². The molecule has 27 heavy (non-hydrogen) atoms. The van der Waals surface area contributed by atoms with E-state index in [4.69, 9.17) is 14.6 Å². The maximum Gasteiger partial charge on any atom is 0.172 e. The minimum atomic E-state index is -0.983. The zero-order valence-electron chi connectivity index (χ0n) is 15.4. The molecule has 0 saturated heterocycles. The SMILES string of the molecule is CCc1c(O)cc(O)c(-c2cccc(OC)c2F)c1CCOCC(O)CO. The molecule has 1 atom stereocenters. The largest absolute Gasteiger partial charge is 0.508 e. The second-order valence-corrected chi connectivity index (χ2v) is 6.08. The number of methoxy groups -OCH3 is 1. The van der Waals surface area contributed by atoms with E-state index in [0.717, 1.165) is 0 Å². The molecule has 0 aliphatic heterocycles. The summed E-state index contributed by atoms with van der Waals surface area (Å²) in [7, 11) is 1.36. The zero-order valence-corrected chi connectivity index (χ0v) is 15.4. The molecule has 0 aliphatic carbocycles. The molecule has 6 nitrogen and oxygen atoms in total. The summed E-state index contributed by atoms with van der Waals surface area (Å²) < 4.78 is 25.2. The summed E-state index contributed by atoms with van der Waals surface area (Å²) in [6.45, 7) is 1.54. The molecule has 0 saturated carbocycles. The van der Waals surface area contributed by atoms with E-state index in [9.17, 15) is 19.7 Å². The van der Waals surface area contributed by atoms with Crippen molar-refractivity contribution in [3.63, 3.8) is 0 Å². The van der Waals surface area contributed by atoms with Crippen molar-refractivity contribution >= 4 is 0 Å². The molecule has 2 aromatic rings. The predicted octanol–water partition coefficient (Wildman–Crippen LogP) is 2.39. The first-order chi connectivity index (χ1) is 12.9. The summed E-state index contributed by atoms with van der Waals surface area (Å²) in [6, 6.07) is 5.83. The highest BCUT2D eigenvalue weighted by atomic mass is 19.1. The molecule has 2 rings (SSSR count). The normalized spacial score (nSPS) is 12.2. The van der Waals surface area contributed by atoms with Gasteiger partial charge < -0.3 is 29.9 Å². The van der Waals surface area contributed by atoms with Gasteiger partial charge in [0.2, 0.25) is 0 Å². The number of ether oxygens (including phenoxy) is 2. The van der Waals surface area contributed by atoms with E-state index in [2.05, 4.69) is 0 Å². The summed E-state index contributed by atoms with van der Waals surface area (Å²) in [5, 5.41) is 38.8. The van der Waals surface area contributed by atoms with E-state index < -0.39 is 18.5 Å². The first-order valence-electron chi connectivity index (χ1n) is 8.70. The van der Waals surface area contributed by atoms with Crippen LogP contribution in [0, 0.1) is 5.82 Å². The lowest BCUT2D eigenvalue weighted by atomic mass is 9.90. The Morgan fingerprint density at radius 1 is 1.15 bits per heavy atom. The molecule has 0 heterocycles. The third kappa shape index (κ3) is 4.68. The minimum absolute atomic E-state index is 0.0475. The van der Waals surface area contributed by atoms with Crippen molar-refractivity contribution in [2.24, 2.45) is 0 Å². The molecular weight excluding hydrogens is 355 g/mol. The molecule has 0 fully saturated rings. The summed E-state index contributed by atoms with van der Waals surface area (Å²) >= 11 is 0. The van der Waals surface area contributed by atoms with Crippen molar-refractivity contribution in [2.75, 3.05) is 26.9 Å². The Morgan fingerprint density at radius 3 is 2.52 bits per heavy atom. The Hall–Kier alpha value is -2.35. The Morgan fingerprint density at radius 2 is 1.89 bits per heavy atom. The van der Waals surface area contributed by atoms with Crippen LogP contribution in [0.25, 0.3) is 11.1 Å². The van der Waals surface area contributed by atoms with Crippen molar-refractivity contribution in [3.05, 3.63) is 41.2 Å². The maximum absolute atomic E-state index is 14.8. The lowest BCUT2D eigenvalue weighted by Gasteiger charge is -2.19. The van der Waals surface area contributed by atoms with Crippen molar-refractivity contribution in [3.8, 4) is 28.4 Å². The molecule has 148 valence electrons. The van der Waals surface area contributed by atoms with Gasteiger partial charge in [-0.3, -0.25) is 0 Å². The lowest BCUT2D eigenvalue weighted by molar-refractivity contribution is 0.00720. The third-order valence-electron chi connectivity index (χ3n) is 4.33. The Balaban J connectivity index is 2.47. The van der Waals surface area contributed by atoms with Crippen molar-refractivity contribution in [2.45, 2.75) is 25.9 Å². The summed E-state index contributed by atoms with van der Waals surface area (Å²) in [4.78, 5) is 0. The van der Waals surface area contributed by atoms with Gasteiger partial charge in [0.15, 0.2) is 11.6 Å². The number of phenolic OH excluding ortho intramolecular Hbond substituents is 2. The molecule has 7 heteroatoms. The number of aliphatic hydroxyl groups is 2. The predicted molar refractivity (Wildman–Crippen MR) is 98.7 cm³/mol. The number of hydrogen-bond acceptors (Lipinski definition) is 6. The van der Waals surface area contributed by atoms with Gasteiger partial charge in [0.05, 0.1) is 26.9 Å². The second-order valence-electron chi connectivity index (χ2n) is 6.08. The summed E-state index contributed by atoms with van der Waals surface area (Å²) in [5.74, 6) is -0.887. The van der Waals surface area contributed by atoms with Crippen molar-refractivity contribution in [1.29, 1.82) is 0 Å². The Kier molecular flexibility index (Phi) is 7.41. The van der Waals surface area contributed by atoms with Gasteiger partial charge in [-0.25, -0.2) is 4.39 Å². The number of halogens is 1. The van der Waals surface area contributed by atoms with E-state index in [0.29, 0.717) is 17.5 Å². The lowest BCUT2D eigenvalue weighted by Crippen LogP contribution is -2.20. The first kappa shape index (κ1) is 21.0. The summed E-state index contributed by atoms with van der Waals surface area (Å²) in [6.07, 6.45) is -0.238. The second kappa shape index (κ2) is 9.55. The van der Waals surface area contributed by atoms with E-state index >= 15 is 0 Å². The molecule has 0 radical (unpaired) electrons. The van der Waals surface area contributed by atoms with Crippen molar-refractivity contribution in [1.82, 2.24) is 0 Å². The molecule has 0 aromatic heterocycles. The number of benzene rings is 2. The van der Waals surface area contributed by atoms with E-state index in [1.165, 1.54) is 25.3 Å². The van der Waals surface area contributed by atoms with Crippen LogP contribution in [-0.4, -0.2) is 53.5 Å². The molecule has 2 aromatic carbocycles. The number of aromatic hydroxyl groups is 2. The van der Waals surface area contributed by atoms with Crippen LogP contribution in [0.4, 0.5) is 4.39 Å². The van der Waals surface area contributed by atoms with Crippen molar-refractivity contribution < 1.29 is 34.3 Å². The van der Waals surface area contributed by atoms with Crippen LogP contribution in [-0.2, 0) is 17.6 Å². The van der Waals surface area contributed by atoms with Crippen LogP contribution in [0.5, 0.6) is 17.2 Å². The molecule has 1 unspecified atom stereocenters. The molecule has 0 amide bonds. The summed E-state index contributed by atoms with van der Waals surface area (Å²) in [5.41, 5.74) is 1.57. The Bertz CT molecular complexity index is 778. The standard InChI is InChI=1S/C20H25FO6/c1-3-13-14(7-8-27-11-12(23)10-22)19(17(25)9-16(13)24)15-5-4-6-18(26-2)20(15)21/h4-6,9,12,22-25H,3,7-8,10-11H2,1-2H3. The van der Waals surface area contributed by atoms with E-state index in [1.807, 2.05) is 6.92 Å². The highest BCUT2D eigenvalue weighted by Gasteiger charge is 2.22. The van der Waals surface area contributed by atoms with Crippen LogP contribution >= 0.6 is 0 Å². The fourth-order valence-electron chi connectivity index (χ4n) is 3.03. The molecule has 0 spiro atoms. The monoisotopic (exact) mass is 380 g/mol. The minimum Gasteiger partial charge on any atom is -0.508 e. The highest BCUT2D eigenvalue weighted by Crippen LogP contribution is 2.42. The molecule has 0 bridgehead atoms. The number of hydrogen-bond donors (Lipinski definition) is 4. The third-order valence-corrected chi connectivity index (χ3v) is 4.33. The maximum atomic E-state index is 14.8. The fourth-order valence-corrected chi connectivity index (χ4v) is 3.03. The quantitative estimate of drug-likeness (QED) is 0.499. The van der Waals surface area contributed by atoms with Gasteiger partial charge in [0.25, 0.3) is 0 Å². The first-order valence-corrected chi connectivity index (χ1v) is 8.70. The molecule has 4 N–H and O–H groups in total. The van der Waals surface area contributed by atoms with E-state index in [-0.39, 0.29) is 48.0 Å². The fraction of sp³-hybridized carbons (Fsp3) is 0.400. The van der Waals surface area contributed by atoms with Gasteiger partial charge in [-0.1, -0.05) is 19.1 Å². The highest BCUT2D eigenvalue weighted by molar-refractivity contribution is 5.78. The smallest absolute Gasteiger partial charge is 0.172 e. The van der Waals surface area contributed by atoms with Gasteiger partial charge in [-0.2, -0.15) is 0 Å². The van der Waals surface area contributed by atoms with Crippen LogP contribution in [0.3, 0.4) is 0 Å². The van der Waals surface area contributed by atoms with Gasteiger partial charge >= 0.3 is 0 Å². The topological polar surface area (TPSA) is 99.4 Å². The average Bonchev–Trinajstić information content (AvgIpc) is 2.65. The van der Waals surface area contributed by atoms with Crippen LogP contribution in [0.1, 0.15) is 18.1 Å². The molecular formula is C20H25FO6. The average molecular weight is 380 g/mol. The number of phenols is 2. The number of aliphatic hydroxyl groups excluding tert-OH is 2. The van der Waals surface area contributed by atoms with Gasteiger partial charge in [0, 0.05) is 17.2 Å². The zero-order chi connectivity index (χ0) is 20.0. The molecule has 0 aliphatic rings.